The summed E-state index contributed by atoms with van der Waals surface area (Å²) in [5, 5.41) is 3.23. The molecule has 1 atom stereocenters. The Balaban J connectivity index is 2.97. The fraction of sp³-hybridized carbons (Fsp3) is 0.625. The molecule has 0 spiro atoms. The van der Waals surface area contributed by atoms with Crippen molar-refractivity contribution >= 4 is 5.69 Å². The molecular formula is C16H26F2N2. The van der Waals surface area contributed by atoms with E-state index < -0.39 is 11.6 Å². The van der Waals surface area contributed by atoms with Crippen LogP contribution < -0.4 is 10.2 Å². The molecule has 0 radical (unpaired) electrons. The first kappa shape index (κ1) is 16.9. The summed E-state index contributed by atoms with van der Waals surface area (Å²) in [4.78, 5) is 1.66. The standard InChI is InChI=1S/C16H26F2N2/c1-7-11(2)20(6)15-13(17)8-12(9-14(15)18)10-19-16(3,4)5/h8-9,11,19H,7,10H2,1-6H3. The Morgan fingerprint density at radius 2 is 1.70 bits per heavy atom. The molecule has 2 nitrogen and oxygen atoms in total. The Morgan fingerprint density at radius 1 is 1.20 bits per heavy atom. The van der Waals surface area contributed by atoms with Crippen molar-refractivity contribution in [2.75, 3.05) is 11.9 Å². The normalized spacial score (nSPS) is 13.4. The highest BCUT2D eigenvalue weighted by molar-refractivity contribution is 5.50. The highest BCUT2D eigenvalue weighted by Crippen LogP contribution is 2.26. The van der Waals surface area contributed by atoms with Crippen molar-refractivity contribution in [3.8, 4) is 0 Å². The number of halogens is 2. The molecule has 0 fully saturated rings. The van der Waals surface area contributed by atoms with Crippen LogP contribution in [0.4, 0.5) is 14.5 Å². The van der Waals surface area contributed by atoms with Crippen LogP contribution >= 0.6 is 0 Å². The van der Waals surface area contributed by atoms with Gasteiger partial charge in [0, 0.05) is 25.2 Å². The van der Waals surface area contributed by atoms with Gasteiger partial charge < -0.3 is 10.2 Å². The van der Waals surface area contributed by atoms with Crippen molar-refractivity contribution in [3.05, 3.63) is 29.3 Å². The van der Waals surface area contributed by atoms with Gasteiger partial charge in [0.15, 0.2) is 0 Å². The van der Waals surface area contributed by atoms with Crippen LogP contribution in [0.5, 0.6) is 0 Å². The minimum Gasteiger partial charge on any atom is -0.367 e. The van der Waals surface area contributed by atoms with E-state index in [9.17, 15) is 8.78 Å². The number of nitrogens with zero attached hydrogens (tertiary/aromatic N) is 1. The summed E-state index contributed by atoms with van der Waals surface area (Å²) in [6.07, 6.45) is 0.836. The topological polar surface area (TPSA) is 15.3 Å². The van der Waals surface area contributed by atoms with Crippen LogP contribution in [0.2, 0.25) is 0 Å². The van der Waals surface area contributed by atoms with E-state index >= 15 is 0 Å². The van der Waals surface area contributed by atoms with Gasteiger partial charge in [0.2, 0.25) is 0 Å². The van der Waals surface area contributed by atoms with Gasteiger partial charge in [-0.25, -0.2) is 8.78 Å². The first-order valence-electron chi connectivity index (χ1n) is 7.11. The smallest absolute Gasteiger partial charge is 0.149 e. The lowest BCUT2D eigenvalue weighted by atomic mass is 10.1. The number of benzene rings is 1. The molecular weight excluding hydrogens is 258 g/mol. The largest absolute Gasteiger partial charge is 0.367 e. The third-order valence-corrected chi connectivity index (χ3v) is 3.50. The van der Waals surface area contributed by atoms with Gasteiger partial charge in [0.05, 0.1) is 0 Å². The van der Waals surface area contributed by atoms with Gasteiger partial charge in [0.25, 0.3) is 0 Å². The van der Waals surface area contributed by atoms with Gasteiger partial charge in [-0.2, -0.15) is 0 Å². The van der Waals surface area contributed by atoms with Gasteiger partial charge in [-0.3, -0.25) is 0 Å². The molecule has 0 aliphatic heterocycles. The Labute approximate surface area is 121 Å². The molecule has 0 aromatic heterocycles. The first-order valence-corrected chi connectivity index (χ1v) is 7.11. The monoisotopic (exact) mass is 284 g/mol. The summed E-state index contributed by atoms with van der Waals surface area (Å²) >= 11 is 0. The van der Waals surface area contributed by atoms with Gasteiger partial charge in [-0.1, -0.05) is 6.92 Å². The Kier molecular flexibility index (Phi) is 5.51. The molecule has 20 heavy (non-hydrogen) atoms. The molecule has 0 bridgehead atoms. The van der Waals surface area contributed by atoms with Gasteiger partial charge in [-0.15, -0.1) is 0 Å². The highest BCUT2D eigenvalue weighted by atomic mass is 19.1. The molecule has 1 aromatic rings. The summed E-state index contributed by atoms with van der Waals surface area (Å²) in [7, 11) is 1.72. The lowest BCUT2D eigenvalue weighted by Gasteiger charge is -2.27. The molecule has 1 N–H and O–H groups in total. The van der Waals surface area contributed by atoms with E-state index in [2.05, 4.69) is 5.32 Å². The summed E-state index contributed by atoms with van der Waals surface area (Å²) in [6.45, 7) is 10.5. The number of rotatable bonds is 5. The zero-order chi connectivity index (χ0) is 15.5. The molecule has 0 saturated heterocycles. The summed E-state index contributed by atoms with van der Waals surface area (Å²) in [5.41, 5.74) is 0.592. The predicted molar refractivity (Wildman–Crippen MR) is 81.1 cm³/mol. The number of hydrogen-bond acceptors (Lipinski definition) is 2. The van der Waals surface area contributed by atoms with Crippen LogP contribution in [0, 0.1) is 11.6 Å². The second-order valence-corrected chi connectivity index (χ2v) is 6.38. The van der Waals surface area contributed by atoms with Crippen molar-refractivity contribution in [3.63, 3.8) is 0 Å². The van der Waals surface area contributed by atoms with Crippen molar-refractivity contribution in [2.45, 2.75) is 59.2 Å². The van der Waals surface area contributed by atoms with E-state index in [1.54, 1.807) is 11.9 Å². The van der Waals surface area contributed by atoms with Crippen LogP contribution in [-0.2, 0) is 6.54 Å². The maximum absolute atomic E-state index is 14.2. The maximum atomic E-state index is 14.2. The molecule has 114 valence electrons. The van der Waals surface area contributed by atoms with Crippen LogP contribution in [-0.4, -0.2) is 18.6 Å². The molecule has 0 heterocycles. The van der Waals surface area contributed by atoms with Crippen molar-refractivity contribution in [2.24, 2.45) is 0 Å². The van der Waals surface area contributed by atoms with Crippen molar-refractivity contribution in [1.82, 2.24) is 5.32 Å². The predicted octanol–water partition coefficient (Wildman–Crippen LogP) is 4.09. The zero-order valence-electron chi connectivity index (χ0n) is 13.3. The van der Waals surface area contributed by atoms with Crippen LogP contribution in [0.25, 0.3) is 0 Å². The van der Waals surface area contributed by atoms with E-state index in [0.29, 0.717) is 12.1 Å². The van der Waals surface area contributed by atoms with Crippen molar-refractivity contribution < 1.29 is 8.78 Å². The maximum Gasteiger partial charge on any atom is 0.149 e. The van der Waals surface area contributed by atoms with Gasteiger partial charge in [0.1, 0.15) is 17.3 Å². The van der Waals surface area contributed by atoms with E-state index in [0.717, 1.165) is 6.42 Å². The second-order valence-electron chi connectivity index (χ2n) is 6.38. The lowest BCUT2D eigenvalue weighted by molar-refractivity contribution is 0.422. The van der Waals surface area contributed by atoms with E-state index in [1.165, 1.54) is 12.1 Å². The van der Waals surface area contributed by atoms with Crippen LogP contribution in [0.1, 0.15) is 46.6 Å². The quantitative estimate of drug-likeness (QED) is 0.876. The lowest BCUT2D eigenvalue weighted by Crippen LogP contribution is -2.35. The SMILES string of the molecule is CCC(C)N(C)c1c(F)cc(CNC(C)(C)C)cc1F. The Hall–Kier alpha value is -1.16. The summed E-state index contributed by atoms with van der Waals surface area (Å²) < 4.78 is 28.3. The Bertz CT molecular complexity index is 429. The van der Waals surface area contributed by atoms with Gasteiger partial charge in [-0.05, 0) is 51.8 Å². The summed E-state index contributed by atoms with van der Waals surface area (Å²) in [6, 6.07) is 2.92. The molecule has 1 unspecified atom stereocenters. The van der Waals surface area contributed by atoms with Gasteiger partial charge >= 0.3 is 0 Å². The average molecular weight is 284 g/mol. The number of nitrogens with one attached hydrogen (secondary N) is 1. The van der Waals surface area contributed by atoms with E-state index in [4.69, 9.17) is 0 Å². The number of anilines is 1. The second kappa shape index (κ2) is 6.53. The fourth-order valence-corrected chi connectivity index (χ4v) is 1.92. The summed E-state index contributed by atoms with van der Waals surface area (Å²) in [5.74, 6) is -1.00. The van der Waals surface area contributed by atoms with E-state index in [1.807, 2.05) is 34.6 Å². The molecule has 0 aliphatic rings. The average Bonchev–Trinajstić information content (AvgIpc) is 2.33. The molecule has 1 rings (SSSR count). The van der Waals surface area contributed by atoms with Crippen LogP contribution in [0.3, 0.4) is 0 Å². The third kappa shape index (κ3) is 4.44. The zero-order valence-corrected chi connectivity index (χ0v) is 13.3. The highest BCUT2D eigenvalue weighted by Gasteiger charge is 2.19. The molecule has 4 heteroatoms. The third-order valence-electron chi connectivity index (χ3n) is 3.50. The molecule has 0 aliphatic carbocycles. The minimum absolute atomic E-state index is 0.0545. The first-order chi connectivity index (χ1) is 9.15. The van der Waals surface area contributed by atoms with Crippen LogP contribution in [0.15, 0.2) is 12.1 Å². The minimum atomic E-state index is -0.501. The van der Waals surface area contributed by atoms with E-state index in [-0.39, 0.29) is 17.3 Å². The molecule has 0 saturated carbocycles. The Morgan fingerprint density at radius 3 is 2.10 bits per heavy atom. The molecule has 0 amide bonds. The fourth-order valence-electron chi connectivity index (χ4n) is 1.92. The number of hydrogen-bond donors (Lipinski definition) is 1. The van der Waals surface area contributed by atoms with Crippen molar-refractivity contribution in [1.29, 1.82) is 0 Å². The molecule has 1 aromatic carbocycles.